The van der Waals surface area contributed by atoms with E-state index < -0.39 is 0 Å². The van der Waals surface area contributed by atoms with Crippen molar-refractivity contribution in [3.63, 3.8) is 0 Å². The molecule has 96 valence electrons. The van der Waals surface area contributed by atoms with Gasteiger partial charge in [0.15, 0.2) is 0 Å². The second-order valence-electron chi connectivity index (χ2n) is 6.22. The lowest BCUT2D eigenvalue weighted by Gasteiger charge is -2.42. The van der Waals surface area contributed by atoms with E-state index in [1.165, 1.54) is 0 Å². The summed E-state index contributed by atoms with van der Waals surface area (Å²) in [6.45, 7) is 11.2. The quantitative estimate of drug-likeness (QED) is 0.603. The van der Waals surface area contributed by atoms with Gasteiger partial charge in [-0.15, -0.1) is 0 Å². The lowest BCUT2D eigenvalue weighted by molar-refractivity contribution is -0.204. The van der Waals surface area contributed by atoms with Crippen molar-refractivity contribution < 1.29 is 9.47 Å². The minimum Gasteiger partial charge on any atom is -0.379 e. The van der Waals surface area contributed by atoms with Crippen LogP contribution in [0.5, 0.6) is 0 Å². The van der Waals surface area contributed by atoms with Crippen molar-refractivity contribution in [3.8, 4) is 0 Å². The van der Waals surface area contributed by atoms with Gasteiger partial charge in [-0.25, -0.2) is 0 Å². The average Bonchev–Trinajstić information content (AvgIpc) is 2.21. The highest BCUT2D eigenvalue weighted by molar-refractivity contribution is 7.03. The molecule has 1 heterocycles. The van der Waals surface area contributed by atoms with Crippen LogP contribution >= 0.6 is 0 Å². The van der Waals surface area contributed by atoms with Crippen LogP contribution in [0.2, 0.25) is 6.32 Å². The summed E-state index contributed by atoms with van der Waals surface area (Å²) in [5, 5.41) is 0. The smallest absolute Gasteiger partial charge is 0.123 e. The molecule has 0 spiro atoms. The highest BCUT2D eigenvalue weighted by Gasteiger charge is 2.39. The largest absolute Gasteiger partial charge is 0.379 e. The van der Waals surface area contributed by atoms with E-state index in [0.29, 0.717) is 11.9 Å². The number of hydrogen-bond acceptors (Lipinski definition) is 2. The minimum atomic E-state index is -0.0251. The van der Waals surface area contributed by atoms with Gasteiger partial charge in [0, 0.05) is 14.2 Å². The van der Waals surface area contributed by atoms with Gasteiger partial charge >= 0.3 is 0 Å². The van der Waals surface area contributed by atoms with E-state index in [1.807, 2.05) is 0 Å². The van der Waals surface area contributed by atoms with Gasteiger partial charge < -0.3 is 9.47 Å². The third-order valence-electron chi connectivity index (χ3n) is 3.81. The Balaban J connectivity index is 2.29. The summed E-state index contributed by atoms with van der Waals surface area (Å²) in [6, 6.07) is 0. The molecule has 1 fully saturated rings. The van der Waals surface area contributed by atoms with Crippen LogP contribution < -0.4 is 0 Å². The summed E-state index contributed by atoms with van der Waals surface area (Å²) < 4.78 is 11.3. The average molecular weight is 236 g/mol. The molecule has 0 amide bonds. The monoisotopic (exact) mass is 236 g/mol. The zero-order valence-corrected chi connectivity index (χ0v) is 11.9. The fourth-order valence-electron chi connectivity index (χ4n) is 2.28. The second kappa shape index (κ2) is 6.29. The summed E-state index contributed by atoms with van der Waals surface area (Å²) in [5.41, 5.74) is 0.291. The molecule has 0 N–H and O–H groups in total. The van der Waals surface area contributed by atoms with Crippen LogP contribution in [0.4, 0.5) is 0 Å². The number of rotatable bonds is 8. The molecule has 2 nitrogen and oxygen atoms in total. The molecule has 1 rings (SSSR count). The van der Waals surface area contributed by atoms with Gasteiger partial charge in [0.05, 0.1) is 13.2 Å². The van der Waals surface area contributed by atoms with Crippen LogP contribution in [-0.4, -0.2) is 39.7 Å². The van der Waals surface area contributed by atoms with Crippen molar-refractivity contribution in [2.45, 2.75) is 58.9 Å². The lowest BCUT2D eigenvalue weighted by atomic mass is 9.29. The SMILES string of the molecule is [B]B(COC1(CCC)COC1)CC(C)(C)CC. The molecule has 1 aliphatic rings. The molecule has 1 aliphatic heterocycles. The summed E-state index contributed by atoms with van der Waals surface area (Å²) in [6.07, 6.45) is 4.40. The first-order valence-electron chi connectivity index (χ1n) is 6.90. The van der Waals surface area contributed by atoms with Crippen LogP contribution in [-0.2, 0) is 9.47 Å². The Labute approximate surface area is 108 Å². The van der Waals surface area contributed by atoms with E-state index >= 15 is 0 Å². The molecule has 0 aromatic heterocycles. The van der Waals surface area contributed by atoms with E-state index in [1.54, 1.807) is 0 Å². The second-order valence-corrected chi connectivity index (χ2v) is 6.22. The molecular weight excluding hydrogens is 210 g/mol. The molecule has 4 heteroatoms. The maximum atomic E-state index is 6.15. The Hall–Kier alpha value is 0.0499. The Kier molecular flexibility index (Phi) is 5.59. The van der Waals surface area contributed by atoms with Crippen molar-refractivity contribution in [3.05, 3.63) is 0 Å². The van der Waals surface area contributed by atoms with Gasteiger partial charge in [-0.1, -0.05) is 46.9 Å². The molecule has 0 atom stereocenters. The zero-order valence-electron chi connectivity index (χ0n) is 11.9. The Bertz CT molecular complexity index is 227. The van der Waals surface area contributed by atoms with E-state index in [2.05, 4.69) is 27.7 Å². The van der Waals surface area contributed by atoms with Crippen molar-refractivity contribution >= 4 is 14.3 Å². The minimum absolute atomic E-state index is 0.0251. The van der Waals surface area contributed by atoms with Gasteiger partial charge in [0.1, 0.15) is 12.2 Å². The Morgan fingerprint density at radius 2 is 2.00 bits per heavy atom. The normalized spacial score (nSPS) is 18.8. The number of ether oxygens (including phenoxy) is 2. The predicted octanol–water partition coefficient (Wildman–Crippen LogP) is 2.71. The molecular formula is C13H26B2O2. The topological polar surface area (TPSA) is 18.5 Å². The van der Waals surface area contributed by atoms with Gasteiger partial charge in [0.2, 0.25) is 0 Å². The summed E-state index contributed by atoms with van der Waals surface area (Å²) in [5.74, 6) is 0. The molecule has 0 aromatic rings. The summed E-state index contributed by atoms with van der Waals surface area (Å²) >= 11 is 0. The lowest BCUT2D eigenvalue weighted by Crippen LogP contribution is -2.53. The first-order chi connectivity index (χ1) is 7.93. The van der Waals surface area contributed by atoms with Crippen molar-refractivity contribution in [1.29, 1.82) is 0 Å². The van der Waals surface area contributed by atoms with E-state index in [-0.39, 0.29) is 12.2 Å². The molecule has 1 saturated heterocycles. The zero-order chi connectivity index (χ0) is 12.9. The standard InChI is InChI=1S/C13H26B2O2/c1-5-7-13(9-16-10-13)17-11-15(14)8-12(3,4)6-2/h5-11H2,1-4H3. The van der Waals surface area contributed by atoms with Gasteiger partial charge in [-0.05, 0) is 11.8 Å². The Morgan fingerprint density at radius 1 is 1.35 bits per heavy atom. The van der Waals surface area contributed by atoms with Crippen molar-refractivity contribution in [2.24, 2.45) is 5.41 Å². The molecule has 0 aliphatic carbocycles. The molecule has 0 unspecified atom stereocenters. The molecule has 2 radical (unpaired) electrons. The van der Waals surface area contributed by atoms with E-state index in [9.17, 15) is 0 Å². The first-order valence-corrected chi connectivity index (χ1v) is 6.90. The molecule has 0 aromatic carbocycles. The highest BCUT2D eigenvalue weighted by Crippen LogP contribution is 2.29. The maximum absolute atomic E-state index is 6.15. The fraction of sp³-hybridized carbons (Fsp3) is 1.00. The van der Waals surface area contributed by atoms with Crippen LogP contribution in [0.15, 0.2) is 0 Å². The van der Waals surface area contributed by atoms with E-state index in [0.717, 1.165) is 38.8 Å². The highest BCUT2D eigenvalue weighted by atomic mass is 16.6. The van der Waals surface area contributed by atoms with Crippen LogP contribution in [0.3, 0.4) is 0 Å². The van der Waals surface area contributed by atoms with Crippen LogP contribution in [0.25, 0.3) is 0 Å². The van der Waals surface area contributed by atoms with Crippen molar-refractivity contribution in [2.75, 3.05) is 19.7 Å². The van der Waals surface area contributed by atoms with Gasteiger partial charge in [-0.2, -0.15) is 0 Å². The van der Waals surface area contributed by atoms with Crippen LogP contribution in [0.1, 0.15) is 47.0 Å². The maximum Gasteiger partial charge on any atom is 0.123 e. The van der Waals surface area contributed by atoms with Crippen LogP contribution in [0, 0.1) is 5.41 Å². The third-order valence-corrected chi connectivity index (χ3v) is 3.81. The predicted molar refractivity (Wildman–Crippen MR) is 74.8 cm³/mol. The summed E-state index contributed by atoms with van der Waals surface area (Å²) in [4.78, 5) is 0. The molecule has 17 heavy (non-hydrogen) atoms. The van der Waals surface area contributed by atoms with E-state index in [4.69, 9.17) is 17.2 Å². The molecule has 0 saturated carbocycles. The van der Waals surface area contributed by atoms with Gasteiger partial charge in [-0.3, -0.25) is 0 Å². The Morgan fingerprint density at radius 3 is 2.41 bits per heavy atom. The third kappa shape index (κ3) is 4.67. The molecule has 0 bridgehead atoms. The van der Waals surface area contributed by atoms with Crippen molar-refractivity contribution in [1.82, 2.24) is 0 Å². The fourth-order valence-corrected chi connectivity index (χ4v) is 2.28. The summed E-state index contributed by atoms with van der Waals surface area (Å²) in [7, 11) is 6.15. The van der Waals surface area contributed by atoms with Gasteiger partial charge in [0.25, 0.3) is 0 Å². The number of hydrogen-bond donors (Lipinski definition) is 0. The first kappa shape index (κ1) is 15.1.